The van der Waals surface area contributed by atoms with Crippen LogP contribution in [0.1, 0.15) is 113 Å². The molecule has 5 aliphatic carbocycles. The fourth-order valence-corrected chi connectivity index (χ4v) is 11.8. The van der Waals surface area contributed by atoms with Crippen LogP contribution in [0.2, 0.25) is 0 Å². The fourth-order valence-electron chi connectivity index (χ4n) is 11.8. The van der Waals surface area contributed by atoms with Crippen molar-refractivity contribution >= 4 is 5.97 Å². The van der Waals surface area contributed by atoms with Gasteiger partial charge in [0.15, 0.2) is 0 Å². The van der Waals surface area contributed by atoms with Gasteiger partial charge in [-0.2, -0.15) is 0 Å². The molecule has 33 heavy (non-hydrogen) atoms. The molecule has 1 heterocycles. The number of carbonyl (C=O) groups is 1. The quantitative estimate of drug-likeness (QED) is 0.409. The maximum Gasteiger partial charge on any atom is 0.312 e. The van der Waals surface area contributed by atoms with Gasteiger partial charge < -0.3 is 9.84 Å². The van der Waals surface area contributed by atoms with Gasteiger partial charge in [-0.05, 0) is 104 Å². The van der Waals surface area contributed by atoms with Crippen LogP contribution in [0.25, 0.3) is 0 Å². The van der Waals surface area contributed by atoms with Crippen LogP contribution in [0.4, 0.5) is 0 Å². The topological polar surface area (TPSA) is 46.5 Å². The first-order valence-corrected chi connectivity index (χ1v) is 14.1. The smallest absolute Gasteiger partial charge is 0.312 e. The Morgan fingerprint density at radius 1 is 0.758 bits per heavy atom. The van der Waals surface area contributed by atoms with Crippen molar-refractivity contribution in [3.05, 3.63) is 0 Å². The van der Waals surface area contributed by atoms with Crippen LogP contribution in [0.5, 0.6) is 0 Å². The Morgan fingerprint density at radius 3 is 2.18 bits per heavy atom. The van der Waals surface area contributed by atoms with Gasteiger partial charge in [-0.15, -0.1) is 0 Å². The van der Waals surface area contributed by atoms with E-state index >= 15 is 0 Å². The van der Waals surface area contributed by atoms with E-state index in [0.717, 1.165) is 31.6 Å². The molecule has 0 spiro atoms. The van der Waals surface area contributed by atoms with Crippen LogP contribution >= 0.6 is 0 Å². The van der Waals surface area contributed by atoms with Gasteiger partial charge in [0.2, 0.25) is 0 Å². The summed E-state index contributed by atoms with van der Waals surface area (Å²) in [7, 11) is 0. The molecular formula is C30H48O3. The molecule has 2 bridgehead atoms. The number of aliphatic hydroxyl groups is 1. The van der Waals surface area contributed by atoms with Gasteiger partial charge in [0.25, 0.3) is 0 Å². The molecule has 0 aromatic rings. The van der Waals surface area contributed by atoms with E-state index in [0.29, 0.717) is 28.6 Å². The molecule has 5 saturated carbocycles. The minimum atomic E-state index is -0.189. The zero-order valence-electron chi connectivity index (χ0n) is 22.3. The summed E-state index contributed by atoms with van der Waals surface area (Å²) < 4.78 is 6.28. The molecule has 6 aliphatic rings. The molecule has 186 valence electrons. The van der Waals surface area contributed by atoms with E-state index in [9.17, 15) is 9.90 Å². The normalized spacial score (nSPS) is 58.4. The monoisotopic (exact) mass is 456 g/mol. The Morgan fingerprint density at radius 2 is 1.45 bits per heavy atom. The highest BCUT2D eigenvalue weighted by molar-refractivity contribution is 5.81. The maximum atomic E-state index is 13.3. The third kappa shape index (κ3) is 2.45. The van der Waals surface area contributed by atoms with E-state index in [-0.39, 0.29) is 39.8 Å². The number of aliphatic hydroxyl groups excluding tert-OH is 1. The minimum Gasteiger partial charge on any atom is -0.461 e. The van der Waals surface area contributed by atoms with Crippen molar-refractivity contribution in [2.45, 2.75) is 125 Å². The van der Waals surface area contributed by atoms with Crippen molar-refractivity contribution in [3.8, 4) is 0 Å². The van der Waals surface area contributed by atoms with Gasteiger partial charge in [0, 0.05) is 11.3 Å². The molecule has 0 amide bonds. The van der Waals surface area contributed by atoms with E-state index in [2.05, 4.69) is 48.5 Å². The Kier molecular flexibility index (Phi) is 4.44. The second kappa shape index (κ2) is 6.40. The maximum absolute atomic E-state index is 13.3. The summed E-state index contributed by atoms with van der Waals surface area (Å²) in [6, 6.07) is 0. The Labute approximate surface area is 201 Å². The average Bonchev–Trinajstić information content (AvgIpc) is 2.99. The Bertz CT molecular complexity index is 876. The molecule has 10 atom stereocenters. The number of fused-ring (bicyclic) bond motifs is 5. The largest absolute Gasteiger partial charge is 0.461 e. The highest BCUT2D eigenvalue weighted by Gasteiger charge is 2.75. The van der Waals surface area contributed by atoms with Gasteiger partial charge >= 0.3 is 5.97 Å². The molecule has 1 N–H and O–H groups in total. The van der Waals surface area contributed by atoms with E-state index < -0.39 is 0 Å². The molecule has 3 heteroatoms. The molecule has 1 aliphatic heterocycles. The van der Waals surface area contributed by atoms with Crippen molar-refractivity contribution in [1.82, 2.24) is 0 Å². The minimum absolute atomic E-state index is 0.00939. The summed E-state index contributed by atoms with van der Waals surface area (Å²) in [5, 5.41) is 10.9. The molecule has 6 fully saturated rings. The predicted molar refractivity (Wildman–Crippen MR) is 130 cm³/mol. The van der Waals surface area contributed by atoms with Gasteiger partial charge in [0.1, 0.15) is 6.10 Å². The van der Waals surface area contributed by atoms with Gasteiger partial charge in [0.05, 0.1) is 11.5 Å². The summed E-state index contributed by atoms with van der Waals surface area (Å²) in [4.78, 5) is 13.3. The first-order valence-electron chi connectivity index (χ1n) is 14.1. The third-order valence-electron chi connectivity index (χ3n) is 14.0. The number of hydrogen-bond donors (Lipinski definition) is 1. The summed E-state index contributed by atoms with van der Waals surface area (Å²) >= 11 is 0. The van der Waals surface area contributed by atoms with Crippen LogP contribution in [-0.4, -0.2) is 23.3 Å². The van der Waals surface area contributed by atoms with Gasteiger partial charge in [-0.1, -0.05) is 48.5 Å². The molecular weight excluding hydrogens is 408 g/mol. The molecule has 0 aromatic heterocycles. The van der Waals surface area contributed by atoms with Crippen LogP contribution in [-0.2, 0) is 9.53 Å². The second-order valence-corrected chi connectivity index (χ2v) is 15.5. The lowest BCUT2D eigenvalue weighted by Crippen LogP contribution is -2.67. The lowest BCUT2D eigenvalue weighted by molar-refractivity contribution is -0.252. The standard InChI is InChI=1S/C30H48O3/c1-25(2)14-16-30-17-15-28(6)18(22(30)23(25)33-24(30)32)8-9-20-27(5)12-11-21(31)26(3,4)19(27)10-13-29(20,28)7/h18-23,31H,8-17H2,1-7H3/t18-,19-,20-,21-,22-,23+,27-,28+,29+,30-/m0/s1. The highest BCUT2D eigenvalue weighted by atomic mass is 16.6. The summed E-state index contributed by atoms with van der Waals surface area (Å²) in [6.45, 7) is 17.3. The van der Waals surface area contributed by atoms with E-state index in [1.54, 1.807) is 0 Å². The van der Waals surface area contributed by atoms with E-state index in [1.807, 2.05) is 0 Å². The highest BCUT2D eigenvalue weighted by Crippen LogP contribution is 2.78. The summed E-state index contributed by atoms with van der Waals surface area (Å²) in [5.74, 6) is 2.50. The lowest BCUT2D eigenvalue weighted by atomic mass is 9.31. The van der Waals surface area contributed by atoms with E-state index in [1.165, 1.54) is 38.5 Å². The van der Waals surface area contributed by atoms with Crippen LogP contribution in [0.15, 0.2) is 0 Å². The number of hydrogen-bond acceptors (Lipinski definition) is 3. The zero-order chi connectivity index (χ0) is 23.8. The zero-order valence-corrected chi connectivity index (χ0v) is 22.3. The molecule has 0 unspecified atom stereocenters. The number of carbonyl (C=O) groups excluding carboxylic acids is 1. The number of rotatable bonds is 0. The molecule has 1 saturated heterocycles. The molecule has 3 nitrogen and oxygen atoms in total. The predicted octanol–water partition coefficient (Wildman–Crippen LogP) is 6.76. The van der Waals surface area contributed by atoms with Crippen molar-refractivity contribution in [3.63, 3.8) is 0 Å². The van der Waals surface area contributed by atoms with Crippen LogP contribution < -0.4 is 0 Å². The summed E-state index contributed by atoms with van der Waals surface area (Å²) in [6.07, 6.45) is 11.6. The van der Waals surface area contributed by atoms with Crippen molar-refractivity contribution in [2.24, 2.45) is 56.2 Å². The SMILES string of the molecule is CC1(C)CC[C@]23CC[C@]4(C)[C@@H](CC[C@H]5[C@@]6(C)CC[C@H](O)C(C)(C)[C@@H]6CC[C@]54C)[C@H]2[C@H]1OC3=O. The Balaban J connectivity index is 1.41. The van der Waals surface area contributed by atoms with Crippen molar-refractivity contribution in [1.29, 1.82) is 0 Å². The van der Waals surface area contributed by atoms with Gasteiger partial charge in [-0.25, -0.2) is 0 Å². The fraction of sp³-hybridized carbons (Fsp3) is 0.967. The van der Waals surface area contributed by atoms with Crippen LogP contribution in [0, 0.1) is 56.2 Å². The second-order valence-electron chi connectivity index (χ2n) is 15.5. The molecule has 0 aromatic carbocycles. The van der Waals surface area contributed by atoms with Crippen molar-refractivity contribution < 1.29 is 14.6 Å². The summed E-state index contributed by atoms with van der Waals surface area (Å²) in [5.41, 5.74) is 0.823. The Hall–Kier alpha value is -0.570. The first-order chi connectivity index (χ1) is 15.2. The molecule has 0 radical (unpaired) electrons. The van der Waals surface area contributed by atoms with Crippen molar-refractivity contribution in [2.75, 3.05) is 0 Å². The average molecular weight is 457 g/mol. The van der Waals surface area contributed by atoms with Crippen LogP contribution in [0.3, 0.4) is 0 Å². The number of esters is 1. The van der Waals surface area contributed by atoms with Gasteiger partial charge in [-0.3, -0.25) is 4.79 Å². The number of ether oxygens (including phenoxy) is 1. The lowest BCUT2D eigenvalue weighted by Gasteiger charge is -2.73. The van der Waals surface area contributed by atoms with E-state index in [4.69, 9.17) is 4.74 Å². The first kappa shape index (κ1) is 22.9. The third-order valence-corrected chi connectivity index (χ3v) is 14.0. The molecule has 6 rings (SSSR count).